The molecule has 0 radical (unpaired) electrons. The number of esters is 1. The summed E-state index contributed by atoms with van der Waals surface area (Å²) in [4.78, 5) is 34.9. The number of anilines is 1. The number of amides is 1. The van der Waals surface area contributed by atoms with E-state index in [-0.39, 0.29) is 11.4 Å². The fraction of sp³-hybridized carbons (Fsp3) is 0.222. The number of carbonyl (C=O) groups is 2. The van der Waals surface area contributed by atoms with E-state index in [2.05, 4.69) is 5.32 Å². The summed E-state index contributed by atoms with van der Waals surface area (Å²) in [5.41, 5.74) is 1.92. The number of rotatable bonds is 7. The van der Waals surface area contributed by atoms with Crippen molar-refractivity contribution in [3.8, 4) is 0 Å². The monoisotopic (exact) mass is 374 g/mol. The van der Waals surface area contributed by atoms with E-state index in [4.69, 9.17) is 4.74 Å². The summed E-state index contributed by atoms with van der Waals surface area (Å²) in [7, 11) is 0. The SMILES string of the molecule is Cc1ccc([N+](=O)[O-])cc1NC(=O)COC(=O)CSc1ccccc1C. The second kappa shape index (κ2) is 9.00. The Morgan fingerprint density at radius 2 is 1.88 bits per heavy atom. The number of hydrogen-bond donors (Lipinski definition) is 1. The van der Waals surface area contributed by atoms with Gasteiger partial charge >= 0.3 is 5.97 Å². The molecule has 0 atom stereocenters. The highest BCUT2D eigenvalue weighted by molar-refractivity contribution is 8.00. The van der Waals surface area contributed by atoms with Crippen LogP contribution in [0, 0.1) is 24.0 Å². The molecule has 26 heavy (non-hydrogen) atoms. The average molecular weight is 374 g/mol. The quantitative estimate of drug-likeness (QED) is 0.345. The van der Waals surface area contributed by atoms with Crippen LogP contribution < -0.4 is 5.32 Å². The van der Waals surface area contributed by atoms with E-state index in [1.165, 1.54) is 23.9 Å². The molecule has 7 nitrogen and oxygen atoms in total. The van der Waals surface area contributed by atoms with Crippen LogP contribution in [0.5, 0.6) is 0 Å². The lowest BCUT2D eigenvalue weighted by Crippen LogP contribution is -2.22. The number of aryl methyl sites for hydroxylation is 2. The van der Waals surface area contributed by atoms with Gasteiger partial charge in [0.25, 0.3) is 11.6 Å². The molecule has 2 rings (SSSR count). The van der Waals surface area contributed by atoms with Gasteiger partial charge in [0.05, 0.1) is 16.4 Å². The molecule has 0 heterocycles. The van der Waals surface area contributed by atoms with E-state index in [1.807, 2.05) is 31.2 Å². The highest BCUT2D eigenvalue weighted by atomic mass is 32.2. The lowest BCUT2D eigenvalue weighted by atomic mass is 10.2. The molecular weight excluding hydrogens is 356 g/mol. The molecule has 0 unspecified atom stereocenters. The van der Waals surface area contributed by atoms with Crippen molar-refractivity contribution in [3.05, 3.63) is 63.7 Å². The molecule has 0 aliphatic heterocycles. The Hall–Kier alpha value is -2.87. The second-order valence-electron chi connectivity index (χ2n) is 5.52. The minimum Gasteiger partial charge on any atom is -0.455 e. The first-order chi connectivity index (χ1) is 12.4. The van der Waals surface area contributed by atoms with Gasteiger partial charge in [0.2, 0.25) is 0 Å². The molecule has 2 aromatic carbocycles. The molecule has 136 valence electrons. The lowest BCUT2D eigenvalue weighted by molar-refractivity contribution is -0.384. The molecule has 0 bridgehead atoms. The third kappa shape index (κ3) is 5.59. The highest BCUT2D eigenvalue weighted by Crippen LogP contribution is 2.22. The molecule has 0 fully saturated rings. The first-order valence-corrected chi connectivity index (χ1v) is 8.74. The number of non-ortho nitro benzene ring substituents is 1. The molecular formula is C18H18N2O5S. The fourth-order valence-electron chi connectivity index (χ4n) is 2.09. The van der Waals surface area contributed by atoms with Crippen LogP contribution in [0.4, 0.5) is 11.4 Å². The first kappa shape index (κ1) is 19.5. The molecule has 0 aliphatic rings. The minimum absolute atomic E-state index is 0.0912. The van der Waals surface area contributed by atoms with Gasteiger partial charge in [-0.15, -0.1) is 11.8 Å². The number of nitro groups is 1. The van der Waals surface area contributed by atoms with Crippen LogP contribution in [0.2, 0.25) is 0 Å². The fourth-order valence-corrected chi connectivity index (χ4v) is 2.91. The summed E-state index contributed by atoms with van der Waals surface area (Å²) in [6, 6.07) is 11.8. The molecule has 1 N–H and O–H groups in total. The summed E-state index contributed by atoms with van der Waals surface area (Å²) < 4.78 is 4.95. The number of nitro benzene ring substituents is 1. The molecule has 0 aliphatic carbocycles. The Morgan fingerprint density at radius 1 is 1.15 bits per heavy atom. The van der Waals surface area contributed by atoms with Gasteiger partial charge in [-0.1, -0.05) is 24.3 Å². The normalized spacial score (nSPS) is 10.2. The summed E-state index contributed by atoms with van der Waals surface area (Å²) >= 11 is 1.34. The zero-order valence-electron chi connectivity index (χ0n) is 14.4. The predicted octanol–water partition coefficient (Wildman–Crippen LogP) is 3.49. The number of nitrogens with one attached hydrogen (secondary N) is 1. The van der Waals surface area contributed by atoms with Crippen molar-refractivity contribution >= 4 is 35.0 Å². The zero-order valence-corrected chi connectivity index (χ0v) is 15.2. The lowest BCUT2D eigenvalue weighted by Gasteiger charge is -2.09. The van der Waals surface area contributed by atoms with E-state index in [0.717, 1.165) is 10.5 Å². The largest absolute Gasteiger partial charge is 0.455 e. The summed E-state index contributed by atoms with van der Waals surface area (Å²) in [6.07, 6.45) is 0. The molecule has 0 spiro atoms. The van der Waals surface area contributed by atoms with Crippen molar-refractivity contribution in [1.82, 2.24) is 0 Å². The van der Waals surface area contributed by atoms with Gasteiger partial charge in [0, 0.05) is 17.0 Å². The molecule has 8 heteroatoms. The number of benzene rings is 2. The maximum Gasteiger partial charge on any atom is 0.316 e. The Kier molecular flexibility index (Phi) is 6.74. The number of hydrogen-bond acceptors (Lipinski definition) is 6. The van der Waals surface area contributed by atoms with Crippen molar-refractivity contribution in [2.45, 2.75) is 18.7 Å². The topological polar surface area (TPSA) is 98.5 Å². The standard InChI is InChI=1S/C18H18N2O5S/c1-12-7-8-14(20(23)24)9-15(12)19-17(21)10-25-18(22)11-26-16-6-4-3-5-13(16)2/h3-9H,10-11H2,1-2H3,(H,19,21). The number of nitrogens with zero attached hydrogens (tertiary/aromatic N) is 1. The predicted molar refractivity (Wildman–Crippen MR) is 99.3 cm³/mol. The highest BCUT2D eigenvalue weighted by Gasteiger charge is 2.13. The van der Waals surface area contributed by atoms with Gasteiger partial charge in [0.1, 0.15) is 0 Å². The Labute approximate surface area is 154 Å². The number of ether oxygens (including phenoxy) is 1. The summed E-state index contributed by atoms with van der Waals surface area (Å²) in [5, 5.41) is 13.3. The van der Waals surface area contributed by atoms with Crippen molar-refractivity contribution < 1.29 is 19.2 Å². The summed E-state index contributed by atoms with van der Waals surface area (Å²) in [6.45, 7) is 3.21. The zero-order chi connectivity index (χ0) is 19.1. The molecule has 0 aromatic heterocycles. The summed E-state index contributed by atoms with van der Waals surface area (Å²) in [5.74, 6) is -0.972. The third-order valence-electron chi connectivity index (χ3n) is 3.51. The van der Waals surface area contributed by atoms with Gasteiger partial charge in [-0.2, -0.15) is 0 Å². The molecule has 2 aromatic rings. The van der Waals surface area contributed by atoms with Crippen LogP contribution in [0.3, 0.4) is 0 Å². The van der Waals surface area contributed by atoms with Crippen molar-refractivity contribution in [3.63, 3.8) is 0 Å². The number of thioether (sulfide) groups is 1. The van der Waals surface area contributed by atoms with Gasteiger partial charge in [-0.3, -0.25) is 19.7 Å². The maximum atomic E-state index is 11.9. The van der Waals surface area contributed by atoms with Crippen molar-refractivity contribution in [2.75, 3.05) is 17.7 Å². The van der Waals surface area contributed by atoms with Gasteiger partial charge < -0.3 is 10.1 Å². The van der Waals surface area contributed by atoms with E-state index in [0.29, 0.717) is 11.3 Å². The van der Waals surface area contributed by atoms with Crippen LogP contribution in [-0.2, 0) is 14.3 Å². The van der Waals surface area contributed by atoms with Gasteiger partial charge in [-0.25, -0.2) is 0 Å². The Morgan fingerprint density at radius 3 is 2.58 bits per heavy atom. The molecule has 0 saturated carbocycles. The third-order valence-corrected chi connectivity index (χ3v) is 4.66. The Balaban J connectivity index is 1.83. The van der Waals surface area contributed by atoms with E-state index < -0.39 is 23.4 Å². The number of carbonyl (C=O) groups excluding carboxylic acids is 2. The van der Waals surface area contributed by atoms with Crippen molar-refractivity contribution in [2.24, 2.45) is 0 Å². The van der Waals surface area contributed by atoms with Gasteiger partial charge in [-0.05, 0) is 31.0 Å². The van der Waals surface area contributed by atoms with E-state index in [9.17, 15) is 19.7 Å². The van der Waals surface area contributed by atoms with E-state index >= 15 is 0 Å². The van der Waals surface area contributed by atoms with Gasteiger partial charge in [0.15, 0.2) is 6.61 Å². The van der Waals surface area contributed by atoms with Crippen LogP contribution in [0.1, 0.15) is 11.1 Å². The van der Waals surface area contributed by atoms with Crippen LogP contribution in [0.15, 0.2) is 47.4 Å². The minimum atomic E-state index is -0.553. The van der Waals surface area contributed by atoms with Crippen molar-refractivity contribution in [1.29, 1.82) is 0 Å². The average Bonchev–Trinajstić information content (AvgIpc) is 2.61. The van der Waals surface area contributed by atoms with E-state index in [1.54, 1.807) is 13.0 Å². The molecule has 0 saturated heterocycles. The molecule has 1 amide bonds. The van der Waals surface area contributed by atoms with Crippen LogP contribution >= 0.6 is 11.8 Å². The smallest absolute Gasteiger partial charge is 0.316 e. The maximum absolute atomic E-state index is 11.9. The first-order valence-electron chi connectivity index (χ1n) is 7.76. The van der Waals surface area contributed by atoms with Crippen LogP contribution in [-0.4, -0.2) is 29.2 Å². The Bertz CT molecular complexity index is 838. The van der Waals surface area contributed by atoms with Crippen LogP contribution in [0.25, 0.3) is 0 Å². The second-order valence-corrected chi connectivity index (χ2v) is 6.54.